The van der Waals surface area contributed by atoms with Gasteiger partial charge in [0.05, 0.1) is 24.3 Å². The average Bonchev–Trinajstić information content (AvgIpc) is 3.28. The van der Waals surface area contributed by atoms with Crippen LogP contribution in [0.1, 0.15) is 47.1 Å². The number of thioether (sulfide) groups is 1. The van der Waals surface area contributed by atoms with Gasteiger partial charge in [0.15, 0.2) is 30.7 Å². The van der Waals surface area contributed by atoms with Gasteiger partial charge in [-0.2, -0.15) is 0 Å². The third-order valence-electron chi connectivity index (χ3n) is 9.63. The number of esters is 5. The second-order valence-corrected chi connectivity index (χ2v) is 15.4. The third-order valence-corrected chi connectivity index (χ3v) is 10.8. The first-order valence-electron chi connectivity index (χ1n) is 19.8. The zero-order valence-corrected chi connectivity index (χ0v) is 35.2. The fraction of sp³-hybridized carbons (Fsp3) is 0.356. The summed E-state index contributed by atoms with van der Waals surface area (Å²) in [5.41, 5.74) is 9.96. The SMILES string of the molecule is CC(=O)OC[C@H]1O[C@H](O[C@H]2[C@H](OC(=O)c3ccccc3)[C@@H](OC(=O)c3ccccc3)[C@H](Sc3ccccc3)O[C@@H]2COCc2ccccc2)[C@H](N=[N+]=[N-])[C@@H](OC(C)=O)[C@H]1OC(C)=O. The Hall–Kier alpha value is -6.27. The van der Waals surface area contributed by atoms with Gasteiger partial charge in [0.1, 0.15) is 36.4 Å². The van der Waals surface area contributed by atoms with E-state index in [2.05, 4.69) is 10.0 Å². The lowest BCUT2D eigenvalue weighted by molar-refractivity contribution is -0.316. The van der Waals surface area contributed by atoms with Crippen LogP contribution in [-0.4, -0.2) is 104 Å². The van der Waals surface area contributed by atoms with E-state index in [1.54, 1.807) is 60.7 Å². The van der Waals surface area contributed by atoms with Crippen LogP contribution in [0.15, 0.2) is 131 Å². The first-order valence-corrected chi connectivity index (χ1v) is 20.7. The molecule has 0 bridgehead atoms. The number of nitrogens with zero attached hydrogens (tertiary/aromatic N) is 3. The minimum absolute atomic E-state index is 0.120. The fourth-order valence-corrected chi connectivity index (χ4v) is 8.02. The third kappa shape index (κ3) is 12.9. The van der Waals surface area contributed by atoms with Gasteiger partial charge in [0.2, 0.25) is 0 Å². The molecule has 2 saturated heterocycles. The van der Waals surface area contributed by atoms with Crippen LogP contribution < -0.4 is 0 Å². The lowest BCUT2D eigenvalue weighted by Crippen LogP contribution is -2.66. The van der Waals surface area contributed by atoms with Crippen molar-refractivity contribution >= 4 is 41.6 Å². The molecular weight excluding hydrogens is 839 g/mol. The van der Waals surface area contributed by atoms with E-state index >= 15 is 0 Å². The Morgan fingerprint density at radius 2 is 1.13 bits per heavy atom. The standard InChI is InChI=1S/C45H45N3O14S/c1-27(49)55-26-35-37(56-28(2)50)39(57-29(3)51)36(47-48-46)44(58-35)62-38-34(25-54-24-30-16-8-4-9-17-30)59-45(63-33-22-14-7-15-23-33)41(61-43(53)32-20-12-6-13-21-32)40(38)60-42(52)31-18-10-5-11-19-31/h4-23,34-41,44-45H,24-26H2,1-3H3/t34-,35-,36-,37+,38-,39-,40+,41-,44-,45+/m1/s1. The minimum atomic E-state index is -1.72. The number of ether oxygens (including phenoxy) is 9. The maximum absolute atomic E-state index is 14.2. The van der Waals surface area contributed by atoms with E-state index in [1.807, 2.05) is 60.7 Å². The molecule has 17 nitrogen and oxygen atoms in total. The number of carbonyl (C=O) groups is 5. The van der Waals surface area contributed by atoms with Gasteiger partial charge >= 0.3 is 29.8 Å². The van der Waals surface area contributed by atoms with Gasteiger partial charge in [-0.05, 0) is 47.5 Å². The number of carbonyl (C=O) groups excluding carboxylic acids is 5. The van der Waals surface area contributed by atoms with Crippen LogP contribution in [0.2, 0.25) is 0 Å². The highest BCUT2D eigenvalue weighted by Crippen LogP contribution is 2.40. The van der Waals surface area contributed by atoms with Gasteiger partial charge in [-0.1, -0.05) is 102 Å². The quantitative estimate of drug-likeness (QED) is 0.0369. The summed E-state index contributed by atoms with van der Waals surface area (Å²) in [6, 6.07) is 33.1. The molecule has 0 unspecified atom stereocenters. The van der Waals surface area contributed by atoms with Crippen molar-refractivity contribution in [1.82, 2.24) is 0 Å². The molecule has 0 aliphatic carbocycles. The highest BCUT2D eigenvalue weighted by atomic mass is 32.2. The summed E-state index contributed by atoms with van der Waals surface area (Å²) in [7, 11) is 0. The highest BCUT2D eigenvalue weighted by Gasteiger charge is 2.56. The van der Waals surface area contributed by atoms with Crippen LogP contribution in [0.25, 0.3) is 10.4 Å². The number of rotatable bonds is 17. The monoisotopic (exact) mass is 883 g/mol. The van der Waals surface area contributed by atoms with Crippen LogP contribution in [-0.2, 0) is 63.6 Å². The van der Waals surface area contributed by atoms with E-state index in [-0.39, 0.29) is 24.3 Å². The second-order valence-electron chi connectivity index (χ2n) is 14.2. The Labute approximate surface area is 366 Å². The summed E-state index contributed by atoms with van der Waals surface area (Å²) in [6.07, 6.45) is -11.7. The zero-order valence-electron chi connectivity index (χ0n) is 34.4. The summed E-state index contributed by atoms with van der Waals surface area (Å²) >= 11 is 1.20. The molecule has 0 radical (unpaired) electrons. The Morgan fingerprint density at radius 3 is 1.68 bits per heavy atom. The van der Waals surface area contributed by atoms with Crippen molar-refractivity contribution in [1.29, 1.82) is 0 Å². The van der Waals surface area contributed by atoms with Gasteiger partial charge in [0, 0.05) is 30.6 Å². The summed E-state index contributed by atoms with van der Waals surface area (Å²) in [5, 5.41) is 3.88. The van der Waals surface area contributed by atoms with Gasteiger partial charge < -0.3 is 42.6 Å². The minimum Gasteiger partial charge on any atom is -0.463 e. The summed E-state index contributed by atoms with van der Waals surface area (Å²) in [5.74, 6) is -3.97. The first kappa shape index (κ1) is 46.2. The molecule has 2 aliphatic heterocycles. The molecule has 2 fully saturated rings. The summed E-state index contributed by atoms with van der Waals surface area (Å²) < 4.78 is 55.1. The molecule has 2 heterocycles. The molecule has 4 aromatic carbocycles. The maximum Gasteiger partial charge on any atom is 0.338 e. The lowest BCUT2D eigenvalue weighted by Gasteiger charge is -2.48. The molecular formula is C45H45N3O14S. The van der Waals surface area contributed by atoms with Crippen molar-refractivity contribution in [2.75, 3.05) is 13.2 Å². The number of azide groups is 1. The number of hydrogen-bond acceptors (Lipinski definition) is 16. The van der Waals surface area contributed by atoms with Crippen molar-refractivity contribution in [3.05, 3.63) is 148 Å². The number of hydrogen-bond donors (Lipinski definition) is 0. The maximum atomic E-state index is 14.2. The van der Waals surface area contributed by atoms with Crippen LogP contribution in [0.5, 0.6) is 0 Å². The Morgan fingerprint density at radius 1 is 0.603 bits per heavy atom. The first-order chi connectivity index (χ1) is 30.5. The van der Waals surface area contributed by atoms with E-state index in [9.17, 15) is 29.5 Å². The van der Waals surface area contributed by atoms with Crippen molar-refractivity contribution in [3.8, 4) is 0 Å². The molecule has 6 rings (SSSR count). The summed E-state index contributed by atoms with van der Waals surface area (Å²) in [4.78, 5) is 68.9. The van der Waals surface area contributed by atoms with E-state index in [0.29, 0.717) is 4.90 Å². The van der Waals surface area contributed by atoms with Crippen molar-refractivity contribution in [2.45, 2.75) is 92.8 Å². The molecule has 18 heteroatoms. The molecule has 4 aromatic rings. The molecule has 10 atom stereocenters. The smallest absolute Gasteiger partial charge is 0.338 e. The zero-order chi connectivity index (χ0) is 44.7. The van der Waals surface area contributed by atoms with Crippen LogP contribution in [0.3, 0.4) is 0 Å². The van der Waals surface area contributed by atoms with Crippen LogP contribution >= 0.6 is 11.8 Å². The van der Waals surface area contributed by atoms with Gasteiger partial charge in [-0.25, -0.2) is 9.59 Å². The van der Waals surface area contributed by atoms with E-state index in [1.165, 1.54) is 11.8 Å². The molecule has 330 valence electrons. The van der Waals surface area contributed by atoms with Crippen molar-refractivity contribution in [2.24, 2.45) is 5.11 Å². The Bertz CT molecular complexity index is 2200. The van der Waals surface area contributed by atoms with Crippen molar-refractivity contribution in [3.63, 3.8) is 0 Å². The molecule has 0 aromatic heterocycles. The Balaban J connectivity index is 1.48. The fourth-order valence-electron chi connectivity index (χ4n) is 6.90. The topological polar surface area (TPSA) is 217 Å². The largest absolute Gasteiger partial charge is 0.463 e. The summed E-state index contributed by atoms with van der Waals surface area (Å²) in [6.45, 7) is 2.73. The number of benzene rings is 4. The van der Waals surface area contributed by atoms with E-state index in [4.69, 9.17) is 42.6 Å². The van der Waals surface area contributed by atoms with Gasteiger partial charge in [-0.15, -0.1) is 0 Å². The average molecular weight is 884 g/mol. The molecule has 0 N–H and O–H groups in total. The molecule has 0 saturated carbocycles. The van der Waals surface area contributed by atoms with Gasteiger partial charge in [0.25, 0.3) is 0 Å². The van der Waals surface area contributed by atoms with Crippen LogP contribution in [0, 0.1) is 0 Å². The molecule has 2 aliphatic rings. The second kappa shape index (κ2) is 22.7. The van der Waals surface area contributed by atoms with E-state index in [0.717, 1.165) is 26.3 Å². The normalized spacial score (nSPS) is 25.3. The molecule has 0 spiro atoms. The molecule has 0 amide bonds. The predicted octanol–water partition coefficient (Wildman–Crippen LogP) is 6.39. The highest BCUT2D eigenvalue weighted by molar-refractivity contribution is 7.99. The van der Waals surface area contributed by atoms with E-state index < -0.39 is 96.9 Å². The van der Waals surface area contributed by atoms with Crippen LogP contribution in [0.4, 0.5) is 0 Å². The lowest BCUT2D eigenvalue weighted by atomic mass is 9.95. The Kier molecular flexibility index (Phi) is 16.7. The molecule has 63 heavy (non-hydrogen) atoms. The van der Waals surface area contributed by atoms with Gasteiger partial charge in [-0.3, -0.25) is 14.4 Å². The van der Waals surface area contributed by atoms with Crippen molar-refractivity contribution < 1.29 is 66.6 Å². The predicted molar refractivity (Wildman–Crippen MR) is 223 cm³/mol.